The zero-order valence-electron chi connectivity index (χ0n) is 22.8. The van der Waals surface area contributed by atoms with Gasteiger partial charge in [0.05, 0.1) is 0 Å². The van der Waals surface area contributed by atoms with Gasteiger partial charge in [0.2, 0.25) is 11.8 Å². The Kier molecular flexibility index (Phi) is 9.79. The van der Waals surface area contributed by atoms with Gasteiger partial charge in [0, 0.05) is 19.6 Å². The lowest BCUT2D eigenvalue weighted by atomic mass is 9.80. The van der Waals surface area contributed by atoms with Crippen LogP contribution in [0.5, 0.6) is 0 Å². The van der Waals surface area contributed by atoms with E-state index < -0.39 is 11.6 Å². The average molecular weight is 504 g/mol. The number of benzene rings is 2. The zero-order chi connectivity index (χ0) is 26.1. The molecule has 2 aliphatic rings. The summed E-state index contributed by atoms with van der Waals surface area (Å²) in [6.45, 7) is 7.66. The number of aryl methyl sites for hydroxylation is 1. The molecule has 37 heavy (non-hydrogen) atoms. The summed E-state index contributed by atoms with van der Waals surface area (Å²) in [6, 6.07) is 20.6. The largest absolute Gasteiger partial charge is 0.342 e. The van der Waals surface area contributed by atoms with Crippen LogP contribution in [0.4, 0.5) is 0 Å². The van der Waals surface area contributed by atoms with Gasteiger partial charge in [0.25, 0.3) is 0 Å². The predicted molar refractivity (Wildman–Crippen MR) is 150 cm³/mol. The Hall–Kier alpha value is -2.66. The Morgan fingerprint density at radius 1 is 0.811 bits per heavy atom. The van der Waals surface area contributed by atoms with Crippen molar-refractivity contribution in [1.29, 1.82) is 0 Å². The lowest BCUT2D eigenvalue weighted by Crippen LogP contribution is -2.73. The average Bonchev–Trinajstić information content (AvgIpc) is 2.91. The summed E-state index contributed by atoms with van der Waals surface area (Å²) in [5.41, 5.74) is 1.93. The molecule has 2 heterocycles. The highest BCUT2D eigenvalue weighted by molar-refractivity contribution is 6.00. The summed E-state index contributed by atoms with van der Waals surface area (Å²) in [4.78, 5) is 31.7. The Morgan fingerprint density at radius 2 is 1.41 bits per heavy atom. The standard InChI is InChI=1S/C32H45N3O2/c1-26(2)25-29-30(36)35(22-18-28-16-10-6-11-17-28)32(31(37)33-29)19-23-34(24-20-32)21-12-4-3-7-13-27-14-8-5-9-15-27/h5-6,8-11,14-17,26,29H,3-4,7,12-13,18-25H2,1-2H3,(H,33,37). The topological polar surface area (TPSA) is 52.7 Å². The first kappa shape index (κ1) is 27.4. The molecule has 1 atom stereocenters. The summed E-state index contributed by atoms with van der Waals surface area (Å²) >= 11 is 0. The Balaban J connectivity index is 1.30. The van der Waals surface area contributed by atoms with E-state index in [-0.39, 0.29) is 11.8 Å². The van der Waals surface area contributed by atoms with E-state index in [0.29, 0.717) is 18.9 Å². The van der Waals surface area contributed by atoms with E-state index in [1.165, 1.54) is 36.8 Å². The second-order valence-electron chi connectivity index (χ2n) is 11.4. The van der Waals surface area contributed by atoms with Gasteiger partial charge in [-0.15, -0.1) is 0 Å². The van der Waals surface area contributed by atoms with Crippen LogP contribution >= 0.6 is 0 Å². The first-order valence-corrected chi connectivity index (χ1v) is 14.4. The molecule has 2 saturated heterocycles. The van der Waals surface area contributed by atoms with Gasteiger partial charge in [-0.05, 0) is 68.5 Å². The fourth-order valence-electron chi connectivity index (χ4n) is 6.02. The molecule has 1 unspecified atom stereocenters. The van der Waals surface area contributed by atoms with Gasteiger partial charge in [0.15, 0.2) is 0 Å². The third-order valence-electron chi connectivity index (χ3n) is 8.20. The van der Waals surface area contributed by atoms with E-state index in [0.717, 1.165) is 45.3 Å². The van der Waals surface area contributed by atoms with E-state index in [4.69, 9.17) is 0 Å². The maximum Gasteiger partial charge on any atom is 0.246 e. The molecular formula is C32H45N3O2. The minimum absolute atomic E-state index is 0.0615. The van der Waals surface area contributed by atoms with Crippen molar-refractivity contribution in [1.82, 2.24) is 15.1 Å². The van der Waals surface area contributed by atoms with Crippen molar-refractivity contribution in [2.24, 2.45) is 5.92 Å². The molecule has 5 nitrogen and oxygen atoms in total. The van der Waals surface area contributed by atoms with Crippen LogP contribution in [0.15, 0.2) is 60.7 Å². The van der Waals surface area contributed by atoms with E-state index in [1.807, 2.05) is 23.1 Å². The number of likely N-dealkylation sites (tertiary alicyclic amines) is 1. The second-order valence-corrected chi connectivity index (χ2v) is 11.4. The molecule has 200 valence electrons. The molecule has 2 fully saturated rings. The number of rotatable bonds is 12. The molecule has 1 N–H and O–H groups in total. The zero-order valence-corrected chi connectivity index (χ0v) is 22.8. The van der Waals surface area contributed by atoms with Crippen LogP contribution in [0.2, 0.25) is 0 Å². The molecule has 1 spiro atoms. The first-order valence-electron chi connectivity index (χ1n) is 14.4. The quantitative estimate of drug-likeness (QED) is 0.403. The Morgan fingerprint density at radius 3 is 2.03 bits per heavy atom. The summed E-state index contributed by atoms with van der Waals surface area (Å²) in [7, 11) is 0. The van der Waals surface area contributed by atoms with Crippen molar-refractivity contribution in [3.8, 4) is 0 Å². The minimum atomic E-state index is -0.703. The number of piperidine rings is 1. The molecule has 0 radical (unpaired) electrons. The van der Waals surface area contributed by atoms with E-state index >= 15 is 0 Å². The highest BCUT2D eigenvalue weighted by atomic mass is 16.2. The van der Waals surface area contributed by atoms with Crippen molar-refractivity contribution >= 4 is 11.8 Å². The molecule has 0 saturated carbocycles. The van der Waals surface area contributed by atoms with E-state index in [2.05, 4.69) is 66.5 Å². The molecule has 5 heteroatoms. The van der Waals surface area contributed by atoms with Gasteiger partial charge in [-0.2, -0.15) is 0 Å². The lowest BCUT2D eigenvalue weighted by Gasteiger charge is -2.52. The number of nitrogens with zero attached hydrogens (tertiary/aromatic N) is 2. The van der Waals surface area contributed by atoms with Gasteiger partial charge in [-0.25, -0.2) is 0 Å². The fraction of sp³-hybridized carbons (Fsp3) is 0.562. The van der Waals surface area contributed by atoms with Crippen LogP contribution in [-0.4, -0.2) is 59.4 Å². The molecule has 0 bridgehead atoms. The van der Waals surface area contributed by atoms with E-state index in [9.17, 15) is 9.59 Å². The SMILES string of the molecule is CC(C)CC1NC(=O)C2(CCN(CCCCCCc3ccccc3)CC2)N(CCc2ccccc2)C1=O. The number of piperazine rings is 1. The number of hydrogen-bond acceptors (Lipinski definition) is 3. The van der Waals surface area contributed by atoms with Gasteiger partial charge < -0.3 is 15.1 Å². The van der Waals surface area contributed by atoms with E-state index in [1.54, 1.807) is 0 Å². The molecular weight excluding hydrogens is 458 g/mol. The molecule has 2 aliphatic heterocycles. The summed E-state index contributed by atoms with van der Waals surface area (Å²) in [5.74, 6) is 0.524. The molecule has 0 aromatic heterocycles. The van der Waals surface area contributed by atoms with Crippen molar-refractivity contribution < 1.29 is 9.59 Å². The number of hydrogen-bond donors (Lipinski definition) is 1. The first-order chi connectivity index (χ1) is 18.0. The maximum atomic E-state index is 13.7. The number of amides is 2. The lowest BCUT2D eigenvalue weighted by molar-refractivity contribution is -0.161. The van der Waals surface area contributed by atoms with Gasteiger partial charge in [0.1, 0.15) is 11.6 Å². The van der Waals surface area contributed by atoms with Crippen molar-refractivity contribution in [2.45, 2.75) is 83.2 Å². The van der Waals surface area contributed by atoms with Gasteiger partial charge in [-0.1, -0.05) is 87.4 Å². The maximum absolute atomic E-state index is 13.7. The number of nitrogens with one attached hydrogen (secondary N) is 1. The van der Waals surface area contributed by atoms with Crippen molar-refractivity contribution in [3.05, 3.63) is 71.8 Å². The normalized spacial score (nSPS) is 20.0. The summed E-state index contributed by atoms with van der Waals surface area (Å²) in [5, 5.41) is 3.13. The smallest absolute Gasteiger partial charge is 0.246 e. The highest BCUT2D eigenvalue weighted by Gasteiger charge is 2.53. The number of carbonyl (C=O) groups is 2. The Labute approximate surface area is 223 Å². The van der Waals surface area contributed by atoms with Crippen molar-refractivity contribution in [3.63, 3.8) is 0 Å². The molecule has 4 rings (SSSR count). The van der Waals surface area contributed by atoms with Gasteiger partial charge in [-0.3, -0.25) is 9.59 Å². The molecule has 0 aliphatic carbocycles. The summed E-state index contributed by atoms with van der Waals surface area (Å²) < 4.78 is 0. The van der Waals surface area contributed by atoms with Gasteiger partial charge >= 0.3 is 0 Å². The highest BCUT2D eigenvalue weighted by Crippen LogP contribution is 2.34. The number of unbranched alkanes of at least 4 members (excludes halogenated alkanes) is 3. The van der Waals surface area contributed by atoms with Crippen LogP contribution in [0.25, 0.3) is 0 Å². The van der Waals surface area contributed by atoms with Crippen LogP contribution in [0, 0.1) is 5.92 Å². The molecule has 2 aromatic rings. The third-order valence-corrected chi connectivity index (χ3v) is 8.20. The summed E-state index contributed by atoms with van der Waals surface area (Å²) in [6.07, 6.45) is 9.02. The number of carbonyl (C=O) groups excluding carboxylic acids is 2. The predicted octanol–water partition coefficient (Wildman–Crippen LogP) is 5.24. The van der Waals surface area contributed by atoms with Crippen LogP contribution in [0.3, 0.4) is 0 Å². The minimum Gasteiger partial charge on any atom is -0.342 e. The third kappa shape index (κ3) is 7.22. The Bertz CT molecular complexity index is 984. The molecule has 2 amide bonds. The van der Waals surface area contributed by atoms with Crippen molar-refractivity contribution in [2.75, 3.05) is 26.2 Å². The van der Waals surface area contributed by atoms with Crippen LogP contribution in [-0.2, 0) is 22.4 Å². The van der Waals surface area contributed by atoms with Crippen LogP contribution in [0.1, 0.15) is 69.9 Å². The van der Waals surface area contributed by atoms with Crippen LogP contribution < -0.4 is 5.32 Å². The fourth-order valence-corrected chi connectivity index (χ4v) is 6.02. The molecule has 2 aromatic carbocycles. The monoisotopic (exact) mass is 503 g/mol. The second kappa shape index (κ2) is 13.2.